The molecule has 2 aromatic rings. The van der Waals surface area contributed by atoms with E-state index in [0.717, 1.165) is 37.6 Å². The van der Waals surface area contributed by atoms with E-state index in [4.69, 9.17) is 53.8 Å². The second-order valence-electron chi connectivity index (χ2n) is 9.53. The summed E-state index contributed by atoms with van der Waals surface area (Å²) in [6, 6.07) is 12.5. The quantitative estimate of drug-likeness (QED) is 0.0890. The summed E-state index contributed by atoms with van der Waals surface area (Å²) in [6.07, 6.45) is 4.23. The van der Waals surface area contributed by atoms with Crippen LogP contribution < -0.4 is 5.32 Å². The monoisotopic (exact) mass is 651 g/mol. The maximum absolute atomic E-state index is 13.0. The molecule has 0 aliphatic heterocycles. The molecule has 232 valence electrons. The number of para-hydroxylation sites is 2. The summed E-state index contributed by atoms with van der Waals surface area (Å²) in [6.45, 7) is 4.42. The fraction of sp³-hybridized carbons (Fsp3) is 0.480. The molecular weight excluding hydrogens is 617 g/mol. The van der Waals surface area contributed by atoms with E-state index in [1.165, 1.54) is 0 Å². The molecule has 3 rings (SSSR count). The lowest BCUT2D eigenvalue weighted by molar-refractivity contribution is -0.969. The normalized spacial score (nSPS) is 19.1. The molecule has 3 atom stereocenters. The minimum Gasteiger partial charge on any atom is -0.480 e. The van der Waals surface area contributed by atoms with Gasteiger partial charge in [-0.15, -0.1) is 4.91 Å². The van der Waals surface area contributed by atoms with Crippen LogP contribution in [0.3, 0.4) is 0 Å². The number of likely N-dealkylation sites (N-methyl/N-ethyl adjacent to an activating group) is 1. The molecule has 1 aliphatic rings. The van der Waals surface area contributed by atoms with Crippen LogP contribution in [-0.4, -0.2) is 65.3 Å². The van der Waals surface area contributed by atoms with E-state index in [1.807, 2.05) is 43.1 Å². The molecule has 0 bridgehead atoms. The molecule has 0 saturated heterocycles. The van der Waals surface area contributed by atoms with Crippen molar-refractivity contribution >= 4 is 52.5 Å². The average Bonchev–Trinajstić information content (AvgIpc) is 2.89. The fourth-order valence-corrected chi connectivity index (χ4v) is 6.62. The molecule has 0 amide bonds. The lowest BCUT2D eigenvalue weighted by Crippen LogP contribution is -2.56. The first-order valence-electron chi connectivity index (χ1n) is 12.6. The van der Waals surface area contributed by atoms with Gasteiger partial charge >= 0.3 is 16.1 Å². The number of benzene rings is 2. The van der Waals surface area contributed by atoms with Gasteiger partial charge in [-0.2, -0.15) is 0 Å². The number of aliphatic carboxylic acids is 1. The van der Waals surface area contributed by atoms with Gasteiger partial charge in [-0.1, -0.05) is 74.2 Å². The van der Waals surface area contributed by atoms with Crippen molar-refractivity contribution in [3.63, 3.8) is 0 Å². The van der Waals surface area contributed by atoms with E-state index in [1.54, 1.807) is 18.2 Å². The highest BCUT2D eigenvalue weighted by atomic mass is 35.5. The maximum Gasteiger partial charge on any atom is 0.472 e. The average molecular weight is 653 g/mol. The first kappa shape index (κ1) is 36.6. The molecule has 0 aromatic heterocycles. The van der Waals surface area contributed by atoms with Crippen molar-refractivity contribution in [2.24, 2.45) is 10.5 Å². The van der Waals surface area contributed by atoms with E-state index >= 15 is 0 Å². The van der Waals surface area contributed by atoms with E-state index < -0.39 is 26.4 Å². The second-order valence-corrected chi connectivity index (χ2v) is 11.5. The zero-order valence-electron chi connectivity index (χ0n) is 23.2. The van der Waals surface area contributed by atoms with Crippen molar-refractivity contribution in [1.82, 2.24) is 4.90 Å². The van der Waals surface area contributed by atoms with Crippen molar-refractivity contribution in [3.8, 4) is 0 Å². The SMILES string of the molecule is CCC(C(=O)O)(c1ccccc1Nc1c(Cl)cccc1Cl)N(C)CC1(SN=O)CCCCC1C.O=[N+](O)O.O=[N+](O)O. The van der Waals surface area contributed by atoms with Gasteiger partial charge in [0.05, 0.1) is 20.5 Å². The van der Waals surface area contributed by atoms with E-state index in [0.29, 0.717) is 39.9 Å². The number of nitrogens with zero attached hydrogens (tertiary/aromatic N) is 4. The third-order valence-corrected chi connectivity index (χ3v) is 9.02. The molecule has 3 unspecified atom stereocenters. The minimum atomic E-state index is -1.34. The first-order valence-corrected chi connectivity index (χ1v) is 14.2. The van der Waals surface area contributed by atoms with Crippen molar-refractivity contribution < 1.29 is 40.9 Å². The summed E-state index contributed by atoms with van der Waals surface area (Å²) >= 11 is 13.8. The van der Waals surface area contributed by atoms with Gasteiger partial charge in [0.2, 0.25) is 0 Å². The number of anilines is 2. The zero-order valence-corrected chi connectivity index (χ0v) is 25.5. The molecule has 17 heteroatoms. The number of carboxylic acids is 1. The molecule has 42 heavy (non-hydrogen) atoms. The van der Waals surface area contributed by atoms with Crippen LogP contribution in [0.4, 0.5) is 11.4 Å². The predicted octanol–water partition coefficient (Wildman–Crippen LogP) is 6.81. The van der Waals surface area contributed by atoms with E-state index in [-0.39, 0.29) is 5.92 Å². The number of carboxylic acid groups (broad SMARTS) is 1. The topological polar surface area (TPSA) is 203 Å². The van der Waals surface area contributed by atoms with Crippen LogP contribution in [0.2, 0.25) is 10.0 Å². The van der Waals surface area contributed by atoms with E-state index in [2.05, 4.69) is 16.8 Å². The molecule has 1 saturated carbocycles. The van der Waals surface area contributed by atoms with E-state index in [9.17, 15) is 14.8 Å². The van der Waals surface area contributed by atoms with Gasteiger partial charge in [0.15, 0.2) is 0 Å². The Hall–Kier alpha value is -3.40. The van der Waals surface area contributed by atoms with Gasteiger partial charge in [0, 0.05) is 34.3 Å². The Kier molecular flexibility index (Phi) is 14.7. The van der Waals surface area contributed by atoms with Crippen molar-refractivity contribution in [1.29, 1.82) is 0 Å². The summed E-state index contributed by atoms with van der Waals surface area (Å²) in [5.74, 6) is -0.718. The first-order chi connectivity index (χ1) is 19.7. The number of hydrogen-bond donors (Lipinski definition) is 6. The molecule has 1 aliphatic carbocycles. The number of nitrogens with one attached hydrogen (secondary N) is 1. The Morgan fingerprint density at radius 1 is 1.10 bits per heavy atom. The van der Waals surface area contributed by atoms with Gasteiger partial charge in [-0.05, 0) is 50.4 Å². The van der Waals surface area contributed by atoms with Crippen molar-refractivity contribution in [2.45, 2.75) is 56.2 Å². The summed E-state index contributed by atoms with van der Waals surface area (Å²) in [7, 11) is 1.82. The zero-order chi connectivity index (χ0) is 32.1. The maximum atomic E-state index is 13.0. The molecular formula is C25H35Cl2N5O9S+2. The Morgan fingerprint density at radius 2 is 1.64 bits per heavy atom. The second kappa shape index (κ2) is 16.9. The lowest BCUT2D eigenvalue weighted by atomic mass is 9.77. The van der Waals surface area contributed by atoms with Crippen molar-refractivity contribution in [2.75, 3.05) is 18.9 Å². The van der Waals surface area contributed by atoms with Gasteiger partial charge in [-0.3, -0.25) is 4.90 Å². The molecule has 1 fully saturated rings. The van der Waals surface area contributed by atoms with Gasteiger partial charge in [0.1, 0.15) is 15.4 Å². The molecule has 0 heterocycles. The highest BCUT2D eigenvalue weighted by Crippen LogP contribution is 2.48. The van der Waals surface area contributed by atoms with Crippen molar-refractivity contribution in [3.05, 3.63) is 72.8 Å². The Labute approximate surface area is 256 Å². The Morgan fingerprint density at radius 3 is 2.12 bits per heavy atom. The number of rotatable bonds is 10. The summed E-state index contributed by atoms with van der Waals surface area (Å²) in [4.78, 5) is 43.2. The smallest absolute Gasteiger partial charge is 0.472 e. The predicted molar refractivity (Wildman–Crippen MR) is 157 cm³/mol. The van der Waals surface area contributed by atoms with Crippen LogP contribution in [0.25, 0.3) is 0 Å². The molecule has 0 radical (unpaired) electrons. The van der Waals surface area contributed by atoms with Crippen LogP contribution in [-0.2, 0) is 10.3 Å². The minimum absolute atomic E-state index is 0.241. The molecule has 0 spiro atoms. The molecule has 14 nitrogen and oxygen atoms in total. The highest BCUT2D eigenvalue weighted by molar-refractivity contribution is 7.99. The fourth-order valence-electron chi connectivity index (χ4n) is 5.19. The molecule has 2 aromatic carbocycles. The largest absolute Gasteiger partial charge is 0.480 e. The highest BCUT2D eigenvalue weighted by Gasteiger charge is 2.49. The van der Waals surface area contributed by atoms with Crippen LogP contribution in [0.5, 0.6) is 0 Å². The summed E-state index contributed by atoms with van der Waals surface area (Å²) < 4.78 is 2.77. The lowest BCUT2D eigenvalue weighted by Gasteiger charge is -2.47. The standard InChI is InChI=1S/C25H31Cl2N3O3S.2H2NO3/c1-4-25(23(31)32,30(3)16-24(34-29-33)15-8-7-10-17(24)2)18-11-5-6-14-21(18)28-22-19(26)12-9-13-20(22)27;2*2-1(3)4/h5-6,9,11-14,17,28H,4,7-8,10,15-16H2,1-3H3,(H,31,32);2*(H2,2,3,4)/q;2*+1. The Balaban J connectivity index is 0.000000978. The third kappa shape index (κ3) is 9.58. The van der Waals surface area contributed by atoms with Crippen LogP contribution >= 0.6 is 35.1 Å². The third-order valence-electron chi connectivity index (χ3n) is 7.22. The Bertz CT molecular complexity index is 1200. The summed E-state index contributed by atoms with van der Waals surface area (Å²) in [5, 5.41) is 39.9. The number of carbonyl (C=O) groups is 1. The van der Waals surface area contributed by atoms with Gasteiger partial charge in [0.25, 0.3) is 0 Å². The van der Waals surface area contributed by atoms with Gasteiger partial charge in [-0.25, -0.2) is 25.6 Å². The van der Waals surface area contributed by atoms with Crippen LogP contribution in [0.1, 0.15) is 51.5 Å². The molecule has 6 N–H and O–H groups in total. The van der Waals surface area contributed by atoms with Gasteiger partial charge < -0.3 is 10.4 Å². The number of nitroso groups, excluding NO2 is 1. The van der Waals surface area contributed by atoms with Crippen LogP contribution in [0.15, 0.2) is 47.0 Å². The number of halogens is 2. The van der Waals surface area contributed by atoms with Crippen LogP contribution in [0, 0.1) is 20.6 Å². The number of hydrogen-bond acceptors (Lipinski definition) is 8. The summed E-state index contributed by atoms with van der Waals surface area (Å²) in [5.41, 5.74) is 0.395.